The third kappa shape index (κ3) is 4.98. The van der Waals surface area contributed by atoms with Crippen LogP contribution in [0.3, 0.4) is 0 Å². The Morgan fingerprint density at radius 3 is 2.42 bits per heavy atom. The van der Waals surface area contributed by atoms with Gasteiger partial charge in [0.1, 0.15) is 5.75 Å². The summed E-state index contributed by atoms with van der Waals surface area (Å²) in [5.74, 6) is -0.0104. The summed E-state index contributed by atoms with van der Waals surface area (Å²) in [5.41, 5.74) is 1.15. The van der Waals surface area contributed by atoms with E-state index in [1.54, 1.807) is 6.92 Å². The lowest BCUT2D eigenvalue weighted by Gasteiger charge is -2.30. The van der Waals surface area contributed by atoms with Crippen molar-refractivity contribution < 1.29 is 19.1 Å². The molecule has 0 heterocycles. The molecule has 0 bridgehead atoms. The SMILES string of the molecule is COC(=O)C(C)CN(C(=O)COc1ccc(C)cc1)C1CCCC1. The number of carbonyl (C=O) groups is 2. The highest BCUT2D eigenvalue weighted by Gasteiger charge is 2.30. The summed E-state index contributed by atoms with van der Waals surface area (Å²) in [7, 11) is 1.38. The average molecular weight is 333 g/mol. The molecule has 1 aliphatic carbocycles. The first-order valence-corrected chi connectivity index (χ1v) is 8.58. The van der Waals surface area contributed by atoms with E-state index in [0.29, 0.717) is 12.3 Å². The van der Waals surface area contributed by atoms with Gasteiger partial charge in [0.25, 0.3) is 5.91 Å². The third-order valence-corrected chi connectivity index (χ3v) is 4.54. The van der Waals surface area contributed by atoms with Gasteiger partial charge < -0.3 is 14.4 Å². The molecular weight excluding hydrogens is 306 g/mol. The molecule has 1 fully saturated rings. The maximum absolute atomic E-state index is 12.7. The van der Waals surface area contributed by atoms with Crippen LogP contribution in [0, 0.1) is 12.8 Å². The van der Waals surface area contributed by atoms with Crippen LogP contribution in [0.1, 0.15) is 38.2 Å². The molecule has 0 radical (unpaired) electrons. The van der Waals surface area contributed by atoms with Gasteiger partial charge >= 0.3 is 5.97 Å². The number of benzene rings is 1. The third-order valence-electron chi connectivity index (χ3n) is 4.54. The fraction of sp³-hybridized carbons (Fsp3) is 0.579. The molecule has 0 saturated heterocycles. The predicted molar refractivity (Wildman–Crippen MR) is 91.8 cm³/mol. The first-order valence-electron chi connectivity index (χ1n) is 8.58. The quantitative estimate of drug-likeness (QED) is 0.720. The molecule has 0 aromatic heterocycles. The average Bonchev–Trinajstić information content (AvgIpc) is 3.12. The summed E-state index contributed by atoms with van der Waals surface area (Å²) >= 11 is 0. The summed E-state index contributed by atoms with van der Waals surface area (Å²) in [4.78, 5) is 26.2. The van der Waals surface area contributed by atoms with Crippen molar-refractivity contribution in [3.05, 3.63) is 29.8 Å². The van der Waals surface area contributed by atoms with Crippen LogP contribution in [0.2, 0.25) is 0 Å². The number of nitrogens with zero attached hydrogens (tertiary/aromatic N) is 1. The normalized spacial score (nSPS) is 15.8. The van der Waals surface area contributed by atoms with E-state index < -0.39 is 0 Å². The minimum absolute atomic E-state index is 0.00649. The fourth-order valence-electron chi connectivity index (χ4n) is 3.10. The molecule has 132 valence electrons. The number of hydrogen-bond acceptors (Lipinski definition) is 4. The first-order chi connectivity index (χ1) is 11.5. The summed E-state index contributed by atoms with van der Waals surface area (Å²) in [6.45, 7) is 4.17. The summed E-state index contributed by atoms with van der Waals surface area (Å²) in [5, 5.41) is 0. The largest absolute Gasteiger partial charge is 0.484 e. The van der Waals surface area contributed by atoms with Crippen LogP contribution in [0.15, 0.2) is 24.3 Å². The molecule has 1 saturated carbocycles. The first kappa shape index (κ1) is 18.3. The Labute approximate surface area is 143 Å². The number of hydrogen-bond donors (Lipinski definition) is 0. The van der Waals surface area contributed by atoms with E-state index in [9.17, 15) is 9.59 Å². The molecule has 1 amide bonds. The number of ether oxygens (including phenoxy) is 2. The molecule has 5 nitrogen and oxygen atoms in total. The van der Waals surface area contributed by atoms with Crippen molar-refractivity contribution >= 4 is 11.9 Å². The smallest absolute Gasteiger partial charge is 0.310 e. The molecule has 1 aromatic rings. The van der Waals surface area contributed by atoms with Crippen molar-refractivity contribution in [1.82, 2.24) is 4.90 Å². The number of carbonyl (C=O) groups excluding carboxylic acids is 2. The lowest BCUT2D eigenvalue weighted by molar-refractivity contribution is -0.147. The Morgan fingerprint density at radius 2 is 1.83 bits per heavy atom. The van der Waals surface area contributed by atoms with E-state index in [1.807, 2.05) is 36.1 Å². The summed E-state index contributed by atoms with van der Waals surface area (Å²) in [6.07, 6.45) is 4.23. The minimum atomic E-state index is -0.334. The molecule has 0 N–H and O–H groups in total. The zero-order chi connectivity index (χ0) is 17.5. The van der Waals surface area contributed by atoms with E-state index >= 15 is 0 Å². The molecule has 1 atom stereocenters. The van der Waals surface area contributed by atoms with Gasteiger partial charge in [0.05, 0.1) is 13.0 Å². The van der Waals surface area contributed by atoms with Gasteiger partial charge in [-0.1, -0.05) is 37.5 Å². The summed E-state index contributed by atoms with van der Waals surface area (Å²) in [6, 6.07) is 7.83. The fourth-order valence-corrected chi connectivity index (χ4v) is 3.10. The van der Waals surface area contributed by atoms with Crippen molar-refractivity contribution in [2.75, 3.05) is 20.3 Å². The second-order valence-electron chi connectivity index (χ2n) is 6.51. The van der Waals surface area contributed by atoms with Gasteiger partial charge in [-0.3, -0.25) is 9.59 Å². The molecule has 0 aliphatic heterocycles. The molecule has 0 spiro atoms. The monoisotopic (exact) mass is 333 g/mol. The summed E-state index contributed by atoms with van der Waals surface area (Å²) < 4.78 is 10.4. The lowest BCUT2D eigenvalue weighted by Crippen LogP contribution is -2.45. The van der Waals surface area contributed by atoms with Crippen LogP contribution < -0.4 is 4.74 Å². The van der Waals surface area contributed by atoms with E-state index in [2.05, 4.69) is 0 Å². The van der Waals surface area contributed by atoms with Gasteiger partial charge in [-0.05, 0) is 31.9 Å². The van der Waals surface area contributed by atoms with Crippen molar-refractivity contribution in [1.29, 1.82) is 0 Å². The van der Waals surface area contributed by atoms with E-state index in [-0.39, 0.29) is 30.4 Å². The van der Waals surface area contributed by atoms with E-state index in [4.69, 9.17) is 9.47 Å². The molecule has 24 heavy (non-hydrogen) atoms. The van der Waals surface area contributed by atoms with Gasteiger partial charge in [-0.25, -0.2) is 0 Å². The Balaban J connectivity index is 1.98. The molecule has 1 aromatic carbocycles. The Bertz CT molecular complexity index is 549. The molecule has 5 heteroatoms. The van der Waals surface area contributed by atoms with Gasteiger partial charge in [-0.2, -0.15) is 0 Å². The second kappa shape index (κ2) is 8.71. The van der Waals surface area contributed by atoms with Crippen molar-refractivity contribution in [3.63, 3.8) is 0 Å². The van der Waals surface area contributed by atoms with E-state index in [1.165, 1.54) is 7.11 Å². The van der Waals surface area contributed by atoms with Crippen molar-refractivity contribution in [2.45, 2.75) is 45.6 Å². The lowest BCUT2D eigenvalue weighted by atomic mass is 10.1. The maximum Gasteiger partial charge on any atom is 0.310 e. The minimum Gasteiger partial charge on any atom is -0.484 e. The molecule has 1 unspecified atom stereocenters. The Hall–Kier alpha value is -2.04. The van der Waals surface area contributed by atoms with Crippen LogP contribution in [0.4, 0.5) is 0 Å². The molecule has 1 aliphatic rings. The topological polar surface area (TPSA) is 55.8 Å². The van der Waals surface area contributed by atoms with Crippen LogP contribution >= 0.6 is 0 Å². The van der Waals surface area contributed by atoms with Crippen LogP contribution in [-0.2, 0) is 14.3 Å². The zero-order valence-corrected chi connectivity index (χ0v) is 14.8. The molecular formula is C19H27NO4. The highest BCUT2D eigenvalue weighted by molar-refractivity contribution is 5.79. The van der Waals surface area contributed by atoms with Gasteiger partial charge in [-0.15, -0.1) is 0 Å². The second-order valence-corrected chi connectivity index (χ2v) is 6.51. The van der Waals surface area contributed by atoms with E-state index in [0.717, 1.165) is 31.2 Å². The Morgan fingerprint density at radius 1 is 1.21 bits per heavy atom. The standard InChI is InChI=1S/C19H27NO4/c1-14-8-10-17(11-9-14)24-13-18(21)20(16-6-4-5-7-16)12-15(2)19(22)23-3/h8-11,15-16H,4-7,12-13H2,1-3H3. The van der Waals surface area contributed by atoms with Crippen LogP contribution in [0.5, 0.6) is 5.75 Å². The predicted octanol–water partition coefficient (Wildman–Crippen LogP) is 2.95. The number of amides is 1. The number of aryl methyl sites for hydroxylation is 1. The van der Waals surface area contributed by atoms with Crippen LogP contribution in [-0.4, -0.2) is 43.1 Å². The van der Waals surface area contributed by atoms with Crippen LogP contribution in [0.25, 0.3) is 0 Å². The van der Waals surface area contributed by atoms with Gasteiger partial charge in [0.2, 0.25) is 0 Å². The van der Waals surface area contributed by atoms with Gasteiger partial charge in [0.15, 0.2) is 6.61 Å². The Kier molecular flexibility index (Phi) is 6.64. The highest BCUT2D eigenvalue weighted by Crippen LogP contribution is 2.25. The van der Waals surface area contributed by atoms with Crippen molar-refractivity contribution in [2.24, 2.45) is 5.92 Å². The van der Waals surface area contributed by atoms with Crippen molar-refractivity contribution in [3.8, 4) is 5.75 Å². The number of methoxy groups -OCH3 is 1. The number of rotatable bonds is 7. The maximum atomic E-state index is 12.7. The highest BCUT2D eigenvalue weighted by atomic mass is 16.5. The zero-order valence-electron chi connectivity index (χ0n) is 14.8. The number of esters is 1. The molecule has 2 rings (SSSR count). The van der Waals surface area contributed by atoms with Gasteiger partial charge in [0, 0.05) is 12.6 Å².